The number of aryl methyl sites for hydroxylation is 1. The molecule has 2 aromatic carbocycles. The Hall–Kier alpha value is -3.22. The monoisotopic (exact) mass is 313 g/mol. The minimum atomic E-state index is -0.510. The molecular weight excluding hydrogens is 298 g/mol. The molecule has 0 aliphatic heterocycles. The van der Waals surface area contributed by atoms with Crippen LogP contribution in [0.3, 0.4) is 0 Å². The van der Waals surface area contributed by atoms with Crippen LogP contribution in [-0.4, -0.2) is 23.7 Å². The third kappa shape index (κ3) is 4.92. The van der Waals surface area contributed by atoms with Crippen molar-refractivity contribution in [2.45, 2.75) is 6.92 Å². The van der Waals surface area contributed by atoms with Crippen molar-refractivity contribution in [3.05, 3.63) is 69.8 Å². The lowest BCUT2D eigenvalue weighted by molar-refractivity contribution is -0.385. The van der Waals surface area contributed by atoms with Crippen molar-refractivity contribution in [1.29, 1.82) is 0 Å². The number of carbonyl (C=O) groups excluding carboxylic acids is 1. The van der Waals surface area contributed by atoms with Crippen molar-refractivity contribution in [3.8, 4) is 5.75 Å². The molecular formula is C16H15N3O4. The predicted molar refractivity (Wildman–Crippen MR) is 85.5 cm³/mol. The third-order valence-electron chi connectivity index (χ3n) is 2.92. The molecule has 1 amide bonds. The van der Waals surface area contributed by atoms with Gasteiger partial charge in [0, 0.05) is 6.07 Å². The molecule has 2 rings (SSSR count). The van der Waals surface area contributed by atoms with E-state index in [1.807, 2.05) is 19.1 Å². The van der Waals surface area contributed by atoms with Gasteiger partial charge in [0.15, 0.2) is 6.61 Å². The van der Waals surface area contributed by atoms with Crippen molar-refractivity contribution in [2.24, 2.45) is 5.10 Å². The predicted octanol–water partition coefficient (Wildman–Crippen LogP) is 2.43. The van der Waals surface area contributed by atoms with Gasteiger partial charge in [0.2, 0.25) is 0 Å². The van der Waals surface area contributed by atoms with Crippen molar-refractivity contribution in [2.75, 3.05) is 6.61 Å². The van der Waals surface area contributed by atoms with Crippen LogP contribution in [0.25, 0.3) is 0 Å². The van der Waals surface area contributed by atoms with Crippen LogP contribution in [0.1, 0.15) is 11.1 Å². The fourth-order valence-electron chi connectivity index (χ4n) is 1.75. The maximum atomic E-state index is 11.6. The summed E-state index contributed by atoms with van der Waals surface area (Å²) in [5, 5.41) is 14.5. The van der Waals surface area contributed by atoms with Crippen LogP contribution in [0.5, 0.6) is 5.75 Å². The van der Waals surface area contributed by atoms with Crippen LogP contribution in [0.4, 0.5) is 5.69 Å². The van der Waals surface area contributed by atoms with E-state index >= 15 is 0 Å². The Morgan fingerprint density at radius 3 is 2.65 bits per heavy atom. The highest BCUT2D eigenvalue weighted by molar-refractivity contribution is 5.86. The topological polar surface area (TPSA) is 93.8 Å². The number of carbonyl (C=O) groups is 1. The normalized spacial score (nSPS) is 10.5. The van der Waals surface area contributed by atoms with E-state index in [2.05, 4.69) is 10.5 Å². The Morgan fingerprint density at radius 2 is 1.96 bits per heavy atom. The quantitative estimate of drug-likeness (QED) is 0.503. The fraction of sp³-hybridized carbons (Fsp3) is 0.125. The van der Waals surface area contributed by atoms with Gasteiger partial charge in [0.1, 0.15) is 5.75 Å². The summed E-state index contributed by atoms with van der Waals surface area (Å²) < 4.78 is 5.29. The van der Waals surface area contributed by atoms with Gasteiger partial charge in [-0.15, -0.1) is 0 Å². The Bertz CT molecular complexity index is 726. The summed E-state index contributed by atoms with van der Waals surface area (Å²) in [5.74, 6) is 0.119. The first-order valence-electron chi connectivity index (χ1n) is 6.81. The average molecular weight is 313 g/mol. The number of amides is 1. The van der Waals surface area contributed by atoms with Gasteiger partial charge >= 0.3 is 0 Å². The van der Waals surface area contributed by atoms with Gasteiger partial charge in [-0.2, -0.15) is 5.10 Å². The second-order valence-electron chi connectivity index (χ2n) is 4.71. The SMILES string of the molecule is Cc1ccc(OCC(=O)NN=Cc2ccccc2[N+](=O)[O-])cc1. The van der Waals surface area contributed by atoms with E-state index in [4.69, 9.17) is 4.74 Å². The molecule has 1 N–H and O–H groups in total. The van der Waals surface area contributed by atoms with Crippen molar-refractivity contribution >= 4 is 17.8 Å². The molecule has 0 aromatic heterocycles. The number of hydrogen-bond donors (Lipinski definition) is 1. The summed E-state index contributed by atoms with van der Waals surface area (Å²) in [4.78, 5) is 21.9. The van der Waals surface area contributed by atoms with Crippen LogP contribution < -0.4 is 10.2 Å². The highest BCUT2D eigenvalue weighted by atomic mass is 16.6. The first kappa shape index (κ1) is 16.2. The maximum absolute atomic E-state index is 11.6. The van der Waals surface area contributed by atoms with Crippen LogP contribution in [0.2, 0.25) is 0 Å². The minimum absolute atomic E-state index is 0.0820. The summed E-state index contributed by atoms with van der Waals surface area (Å²) in [6, 6.07) is 13.4. The molecule has 2 aromatic rings. The minimum Gasteiger partial charge on any atom is -0.484 e. The molecule has 0 unspecified atom stereocenters. The van der Waals surface area contributed by atoms with Crippen LogP contribution in [-0.2, 0) is 4.79 Å². The lowest BCUT2D eigenvalue weighted by Crippen LogP contribution is -2.24. The number of hydrazone groups is 1. The molecule has 0 saturated carbocycles. The van der Waals surface area contributed by atoms with Gasteiger partial charge in [-0.05, 0) is 25.1 Å². The molecule has 118 valence electrons. The molecule has 0 aliphatic rings. The van der Waals surface area contributed by atoms with E-state index in [1.54, 1.807) is 24.3 Å². The number of nitro benzene ring substituents is 1. The van der Waals surface area contributed by atoms with Crippen molar-refractivity contribution in [1.82, 2.24) is 5.43 Å². The second kappa shape index (κ2) is 7.69. The largest absolute Gasteiger partial charge is 0.484 e. The molecule has 0 radical (unpaired) electrons. The number of nitro groups is 1. The van der Waals surface area contributed by atoms with Gasteiger partial charge < -0.3 is 4.74 Å². The zero-order chi connectivity index (χ0) is 16.7. The smallest absolute Gasteiger partial charge is 0.278 e. The first-order valence-corrected chi connectivity index (χ1v) is 6.81. The van der Waals surface area contributed by atoms with Crippen LogP contribution in [0.15, 0.2) is 53.6 Å². The van der Waals surface area contributed by atoms with Crippen LogP contribution >= 0.6 is 0 Å². The lowest BCUT2D eigenvalue weighted by atomic mass is 10.2. The van der Waals surface area contributed by atoms with Gasteiger partial charge in [0.05, 0.1) is 16.7 Å². The standard InChI is InChI=1S/C16H15N3O4/c1-12-6-8-14(9-7-12)23-11-16(20)18-17-10-13-4-2-3-5-15(13)19(21)22/h2-10H,11H2,1H3,(H,18,20). The average Bonchev–Trinajstić information content (AvgIpc) is 2.54. The molecule has 23 heavy (non-hydrogen) atoms. The molecule has 7 nitrogen and oxygen atoms in total. The fourth-order valence-corrected chi connectivity index (χ4v) is 1.75. The van der Waals surface area contributed by atoms with E-state index in [-0.39, 0.29) is 12.3 Å². The van der Waals surface area contributed by atoms with E-state index in [0.717, 1.165) is 5.56 Å². The van der Waals surface area contributed by atoms with Gasteiger partial charge in [0.25, 0.3) is 11.6 Å². The van der Waals surface area contributed by atoms with E-state index in [1.165, 1.54) is 18.3 Å². The third-order valence-corrected chi connectivity index (χ3v) is 2.92. The highest BCUT2D eigenvalue weighted by Gasteiger charge is 2.10. The van der Waals surface area contributed by atoms with Crippen molar-refractivity contribution < 1.29 is 14.5 Å². The second-order valence-corrected chi connectivity index (χ2v) is 4.71. The van der Waals surface area contributed by atoms with Gasteiger partial charge in [-0.3, -0.25) is 14.9 Å². The maximum Gasteiger partial charge on any atom is 0.278 e. The summed E-state index contributed by atoms with van der Waals surface area (Å²) in [5.41, 5.74) is 3.58. The molecule has 0 fully saturated rings. The summed E-state index contributed by atoms with van der Waals surface area (Å²) >= 11 is 0. The number of hydrogen-bond acceptors (Lipinski definition) is 5. The first-order chi connectivity index (χ1) is 11.1. The Kier molecular flexibility index (Phi) is 5.40. The highest BCUT2D eigenvalue weighted by Crippen LogP contribution is 2.15. The Morgan fingerprint density at radius 1 is 1.26 bits per heavy atom. The molecule has 0 aliphatic carbocycles. The lowest BCUT2D eigenvalue weighted by Gasteiger charge is -2.05. The molecule has 0 bridgehead atoms. The van der Waals surface area contributed by atoms with E-state index in [0.29, 0.717) is 11.3 Å². The number of nitrogens with one attached hydrogen (secondary N) is 1. The molecule has 0 saturated heterocycles. The number of ether oxygens (including phenoxy) is 1. The van der Waals surface area contributed by atoms with E-state index < -0.39 is 10.8 Å². The number of para-hydroxylation sites is 1. The number of nitrogens with zero attached hydrogens (tertiary/aromatic N) is 2. The Labute approximate surface area is 132 Å². The number of rotatable bonds is 6. The van der Waals surface area contributed by atoms with Gasteiger partial charge in [-0.25, -0.2) is 5.43 Å². The van der Waals surface area contributed by atoms with Gasteiger partial charge in [-0.1, -0.05) is 29.8 Å². The molecule has 0 atom stereocenters. The van der Waals surface area contributed by atoms with Crippen molar-refractivity contribution in [3.63, 3.8) is 0 Å². The Balaban J connectivity index is 1.87. The zero-order valence-electron chi connectivity index (χ0n) is 12.4. The summed E-state index contributed by atoms with van der Waals surface area (Å²) in [6.45, 7) is 1.76. The molecule has 0 heterocycles. The van der Waals surface area contributed by atoms with E-state index in [9.17, 15) is 14.9 Å². The van der Waals surface area contributed by atoms with Crippen LogP contribution in [0, 0.1) is 17.0 Å². The molecule has 7 heteroatoms. The zero-order valence-corrected chi connectivity index (χ0v) is 12.4. The number of benzene rings is 2. The summed E-state index contributed by atoms with van der Waals surface area (Å²) in [7, 11) is 0. The summed E-state index contributed by atoms with van der Waals surface area (Å²) in [6.07, 6.45) is 1.22. The molecule has 0 spiro atoms.